The second-order valence-electron chi connectivity index (χ2n) is 4.27. The Labute approximate surface area is 129 Å². The highest BCUT2D eigenvalue weighted by Gasteiger charge is 2.07. The first kappa shape index (κ1) is 12.9. The van der Waals surface area contributed by atoms with Crippen molar-refractivity contribution >= 4 is 50.8 Å². The van der Waals surface area contributed by atoms with Gasteiger partial charge in [0.05, 0.1) is 17.6 Å². The van der Waals surface area contributed by atoms with Crippen molar-refractivity contribution < 1.29 is 0 Å². The second kappa shape index (κ2) is 5.12. The second-order valence-corrected chi connectivity index (χ2v) is 5.95. The van der Waals surface area contributed by atoms with Crippen molar-refractivity contribution in [3.8, 4) is 0 Å². The van der Waals surface area contributed by atoms with E-state index in [0.717, 1.165) is 15.5 Å². The first-order chi connectivity index (χ1) is 9.15. The summed E-state index contributed by atoms with van der Waals surface area (Å²) in [7, 11) is 0. The standard InChI is InChI=1S/C14H10BrClN2S/c15-11-4-2-1-3-9(11)8-18-13-7-10(16)5-6-12(13)17-14(18)19/h1-7H,8H2,(H,17,19). The fourth-order valence-corrected chi connectivity index (χ4v) is 2.93. The molecule has 0 saturated carbocycles. The molecule has 0 unspecified atom stereocenters. The first-order valence-electron chi connectivity index (χ1n) is 5.76. The minimum Gasteiger partial charge on any atom is -0.331 e. The number of rotatable bonds is 2. The zero-order valence-corrected chi connectivity index (χ0v) is 13.0. The lowest BCUT2D eigenvalue weighted by Crippen LogP contribution is -2.00. The Balaban J connectivity index is 2.15. The van der Waals surface area contributed by atoms with Crippen LogP contribution < -0.4 is 0 Å². The van der Waals surface area contributed by atoms with Crippen LogP contribution >= 0.6 is 39.7 Å². The molecular weight excluding hydrogens is 344 g/mol. The van der Waals surface area contributed by atoms with Gasteiger partial charge in [0.2, 0.25) is 0 Å². The van der Waals surface area contributed by atoms with Crippen LogP contribution in [-0.2, 0) is 6.54 Å². The molecule has 1 aromatic heterocycles. The molecule has 5 heteroatoms. The lowest BCUT2D eigenvalue weighted by atomic mass is 10.2. The number of aromatic amines is 1. The van der Waals surface area contributed by atoms with E-state index in [9.17, 15) is 0 Å². The number of hydrogen-bond acceptors (Lipinski definition) is 1. The van der Waals surface area contributed by atoms with Gasteiger partial charge in [-0.2, -0.15) is 0 Å². The Morgan fingerprint density at radius 2 is 2.00 bits per heavy atom. The van der Waals surface area contributed by atoms with E-state index in [1.165, 1.54) is 5.56 Å². The van der Waals surface area contributed by atoms with Gasteiger partial charge in [0.25, 0.3) is 0 Å². The third kappa shape index (κ3) is 2.48. The quantitative estimate of drug-likeness (QED) is 0.631. The van der Waals surface area contributed by atoms with Crippen LogP contribution in [-0.4, -0.2) is 9.55 Å². The smallest absolute Gasteiger partial charge is 0.178 e. The van der Waals surface area contributed by atoms with Crippen LogP contribution in [0.1, 0.15) is 5.56 Å². The summed E-state index contributed by atoms with van der Waals surface area (Å²) in [6.45, 7) is 0.709. The maximum Gasteiger partial charge on any atom is 0.178 e. The van der Waals surface area contributed by atoms with Gasteiger partial charge < -0.3 is 9.55 Å². The molecule has 0 bridgehead atoms. The summed E-state index contributed by atoms with van der Waals surface area (Å²) >= 11 is 15.0. The maximum absolute atomic E-state index is 6.06. The van der Waals surface area contributed by atoms with Gasteiger partial charge in [-0.3, -0.25) is 0 Å². The van der Waals surface area contributed by atoms with Crippen molar-refractivity contribution in [2.75, 3.05) is 0 Å². The molecule has 2 nitrogen and oxygen atoms in total. The number of H-pyrrole nitrogens is 1. The average molecular weight is 354 g/mol. The van der Waals surface area contributed by atoms with Crippen LogP contribution in [0.25, 0.3) is 11.0 Å². The predicted molar refractivity (Wildman–Crippen MR) is 85.4 cm³/mol. The SMILES string of the molecule is S=c1[nH]c2ccc(Cl)cc2n1Cc1ccccc1Br. The molecule has 0 aliphatic heterocycles. The van der Waals surface area contributed by atoms with Crippen molar-refractivity contribution in [2.24, 2.45) is 0 Å². The van der Waals surface area contributed by atoms with E-state index in [4.69, 9.17) is 23.8 Å². The average Bonchev–Trinajstić information content (AvgIpc) is 2.69. The van der Waals surface area contributed by atoms with E-state index >= 15 is 0 Å². The fraction of sp³-hybridized carbons (Fsp3) is 0.0714. The lowest BCUT2D eigenvalue weighted by Gasteiger charge is -2.07. The van der Waals surface area contributed by atoms with Crippen LogP contribution in [0.15, 0.2) is 46.9 Å². The third-order valence-electron chi connectivity index (χ3n) is 3.02. The molecule has 3 aromatic rings. The molecular formula is C14H10BrClN2S. The van der Waals surface area contributed by atoms with Gasteiger partial charge in [0.1, 0.15) is 0 Å². The number of halogens is 2. The van der Waals surface area contributed by atoms with Gasteiger partial charge in [-0.1, -0.05) is 45.7 Å². The molecule has 2 aromatic carbocycles. The minimum absolute atomic E-state index is 0.702. The summed E-state index contributed by atoms with van der Waals surface area (Å²) in [5.74, 6) is 0. The first-order valence-corrected chi connectivity index (χ1v) is 7.34. The van der Waals surface area contributed by atoms with E-state index in [2.05, 4.69) is 31.5 Å². The number of fused-ring (bicyclic) bond motifs is 1. The molecule has 0 aliphatic rings. The molecule has 0 fully saturated rings. The van der Waals surface area contributed by atoms with Crippen LogP contribution in [0.4, 0.5) is 0 Å². The van der Waals surface area contributed by atoms with Gasteiger partial charge in [-0.05, 0) is 42.0 Å². The molecule has 1 N–H and O–H groups in total. The Kier molecular flexibility index (Phi) is 3.48. The molecule has 1 heterocycles. The van der Waals surface area contributed by atoms with Crippen molar-refractivity contribution in [1.82, 2.24) is 9.55 Å². The summed E-state index contributed by atoms with van der Waals surface area (Å²) < 4.78 is 3.83. The molecule has 3 rings (SSSR count). The van der Waals surface area contributed by atoms with Crippen LogP contribution in [0.2, 0.25) is 5.02 Å². The molecule has 0 amide bonds. The van der Waals surface area contributed by atoms with Gasteiger partial charge >= 0.3 is 0 Å². The molecule has 96 valence electrons. The van der Waals surface area contributed by atoms with E-state index < -0.39 is 0 Å². The Morgan fingerprint density at radius 1 is 1.21 bits per heavy atom. The van der Waals surface area contributed by atoms with Crippen molar-refractivity contribution in [3.63, 3.8) is 0 Å². The van der Waals surface area contributed by atoms with Gasteiger partial charge in [-0.25, -0.2) is 0 Å². The zero-order chi connectivity index (χ0) is 13.4. The predicted octanol–water partition coefficient (Wildman–Crippen LogP) is 5.16. The summed E-state index contributed by atoms with van der Waals surface area (Å²) in [6.07, 6.45) is 0. The number of hydrogen-bond donors (Lipinski definition) is 1. The number of aromatic nitrogens is 2. The largest absolute Gasteiger partial charge is 0.331 e. The van der Waals surface area contributed by atoms with Crippen LogP contribution in [0, 0.1) is 4.77 Å². The Morgan fingerprint density at radius 3 is 2.79 bits per heavy atom. The van der Waals surface area contributed by atoms with E-state index in [1.54, 1.807) is 0 Å². The summed E-state index contributed by atoms with van der Waals surface area (Å²) in [5.41, 5.74) is 3.20. The third-order valence-corrected chi connectivity index (χ3v) is 4.35. The topological polar surface area (TPSA) is 20.7 Å². The van der Waals surface area contributed by atoms with Gasteiger partial charge in [-0.15, -0.1) is 0 Å². The lowest BCUT2D eigenvalue weighted by molar-refractivity contribution is 0.807. The number of nitrogens with zero attached hydrogens (tertiary/aromatic N) is 1. The summed E-state index contributed by atoms with van der Waals surface area (Å²) in [6, 6.07) is 13.9. The molecule has 0 spiro atoms. The van der Waals surface area contributed by atoms with E-state index in [-0.39, 0.29) is 0 Å². The monoisotopic (exact) mass is 352 g/mol. The number of benzene rings is 2. The van der Waals surface area contributed by atoms with Crippen molar-refractivity contribution in [1.29, 1.82) is 0 Å². The van der Waals surface area contributed by atoms with Crippen LogP contribution in [0.3, 0.4) is 0 Å². The number of imidazole rings is 1. The van der Waals surface area contributed by atoms with Crippen molar-refractivity contribution in [2.45, 2.75) is 6.54 Å². The molecule has 19 heavy (non-hydrogen) atoms. The van der Waals surface area contributed by atoms with Gasteiger partial charge in [0.15, 0.2) is 4.77 Å². The number of nitrogens with one attached hydrogen (secondary N) is 1. The zero-order valence-electron chi connectivity index (χ0n) is 9.86. The maximum atomic E-state index is 6.06. The Bertz CT molecular complexity index is 807. The molecule has 0 radical (unpaired) electrons. The van der Waals surface area contributed by atoms with Gasteiger partial charge in [0, 0.05) is 9.50 Å². The molecule has 0 atom stereocenters. The minimum atomic E-state index is 0.702. The van der Waals surface area contributed by atoms with Crippen LogP contribution in [0.5, 0.6) is 0 Å². The summed E-state index contributed by atoms with van der Waals surface area (Å²) in [4.78, 5) is 3.20. The van der Waals surface area contributed by atoms with Crippen molar-refractivity contribution in [3.05, 3.63) is 62.3 Å². The van der Waals surface area contributed by atoms with E-state index in [1.807, 2.05) is 36.4 Å². The fourth-order valence-electron chi connectivity index (χ4n) is 2.08. The Hall–Kier alpha value is -1.10. The highest BCUT2D eigenvalue weighted by molar-refractivity contribution is 9.10. The highest BCUT2D eigenvalue weighted by Crippen LogP contribution is 2.23. The highest BCUT2D eigenvalue weighted by atomic mass is 79.9. The van der Waals surface area contributed by atoms with E-state index in [0.29, 0.717) is 16.3 Å². The molecule has 0 saturated heterocycles. The summed E-state index contributed by atoms with van der Waals surface area (Å²) in [5, 5.41) is 0.711. The molecule has 0 aliphatic carbocycles. The normalized spacial score (nSPS) is 11.1.